The highest BCUT2D eigenvalue weighted by Gasteiger charge is 2.16. The second-order valence-electron chi connectivity index (χ2n) is 6.52. The number of amidine groups is 1. The van der Waals surface area contributed by atoms with E-state index in [0.29, 0.717) is 5.84 Å². The zero-order chi connectivity index (χ0) is 17.6. The van der Waals surface area contributed by atoms with Gasteiger partial charge < -0.3 is 16.0 Å². The van der Waals surface area contributed by atoms with E-state index in [1.165, 1.54) is 29.0 Å². The van der Waals surface area contributed by atoms with E-state index in [9.17, 15) is 0 Å². The van der Waals surface area contributed by atoms with Gasteiger partial charge in [-0.15, -0.1) is 11.3 Å². The quantitative estimate of drug-likeness (QED) is 0.450. The molecule has 1 aromatic heterocycles. The van der Waals surface area contributed by atoms with Gasteiger partial charge in [-0.25, -0.2) is 4.99 Å². The van der Waals surface area contributed by atoms with Crippen molar-refractivity contribution in [3.05, 3.63) is 45.6 Å². The molecular weight excluding hydrogens is 328 g/mol. The number of nitrogens with zero attached hydrogens (tertiary/aromatic N) is 2. The molecule has 0 unspecified atom stereocenters. The molecule has 2 aromatic rings. The predicted octanol–water partition coefficient (Wildman–Crippen LogP) is 3.85. The summed E-state index contributed by atoms with van der Waals surface area (Å²) in [4.78, 5) is 9.45. The van der Waals surface area contributed by atoms with E-state index in [1.54, 1.807) is 11.3 Å². The van der Waals surface area contributed by atoms with E-state index < -0.39 is 0 Å². The number of fused-ring (bicyclic) bond motifs is 1. The van der Waals surface area contributed by atoms with Crippen LogP contribution in [0.4, 0.5) is 11.4 Å². The maximum atomic E-state index is 6.18. The summed E-state index contributed by atoms with van der Waals surface area (Å²) in [5.41, 5.74) is 9.90. The van der Waals surface area contributed by atoms with Gasteiger partial charge in [-0.1, -0.05) is 6.92 Å². The smallest absolute Gasteiger partial charge is 0.141 e. The second kappa shape index (κ2) is 8.50. The third kappa shape index (κ3) is 4.61. The van der Waals surface area contributed by atoms with Gasteiger partial charge in [0.05, 0.1) is 10.6 Å². The van der Waals surface area contributed by atoms with Crippen molar-refractivity contribution in [1.29, 1.82) is 0 Å². The van der Waals surface area contributed by atoms with Gasteiger partial charge in [-0.2, -0.15) is 0 Å². The number of hydrogen-bond donors (Lipinski definition) is 2. The lowest BCUT2D eigenvalue weighted by Crippen LogP contribution is -2.32. The number of thiophene rings is 1. The molecule has 4 nitrogen and oxygen atoms in total. The average Bonchev–Trinajstić information content (AvgIpc) is 3.05. The van der Waals surface area contributed by atoms with Crippen LogP contribution in [-0.4, -0.2) is 32.0 Å². The molecule has 25 heavy (non-hydrogen) atoms. The van der Waals surface area contributed by atoms with E-state index in [2.05, 4.69) is 53.3 Å². The number of rotatable bonds is 7. The lowest BCUT2D eigenvalue weighted by molar-refractivity contribution is 0.626. The van der Waals surface area contributed by atoms with Crippen molar-refractivity contribution in [2.24, 2.45) is 10.7 Å². The lowest BCUT2D eigenvalue weighted by atomic mass is 10.0. The van der Waals surface area contributed by atoms with Gasteiger partial charge in [0.15, 0.2) is 0 Å². The number of aliphatic imine (C=N–C) groups is 1. The molecule has 3 N–H and O–H groups in total. The van der Waals surface area contributed by atoms with Gasteiger partial charge in [0, 0.05) is 23.7 Å². The maximum absolute atomic E-state index is 6.18. The number of anilines is 1. The minimum atomic E-state index is 0.608. The summed E-state index contributed by atoms with van der Waals surface area (Å²) in [7, 11) is 0. The molecule has 1 aromatic carbocycles. The van der Waals surface area contributed by atoms with Gasteiger partial charge in [-0.3, -0.25) is 0 Å². The second-order valence-corrected chi connectivity index (χ2v) is 7.81. The minimum absolute atomic E-state index is 0.608. The van der Waals surface area contributed by atoms with Crippen LogP contribution in [0.3, 0.4) is 0 Å². The predicted molar refractivity (Wildman–Crippen MR) is 110 cm³/mol. The van der Waals surface area contributed by atoms with Gasteiger partial charge in [0.1, 0.15) is 5.84 Å². The minimum Gasteiger partial charge on any atom is -0.383 e. The maximum Gasteiger partial charge on any atom is 0.141 e. The molecule has 0 saturated heterocycles. The monoisotopic (exact) mass is 356 g/mol. The summed E-state index contributed by atoms with van der Waals surface area (Å²) in [6, 6.07) is 10.6. The highest BCUT2D eigenvalue weighted by Crippen LogP contribution is 2.31. The normalized spacial score (nSPS) is 14.6. The average molecular weight is 357 g/mol. The van der Waals surface area contributed by atoms with Crippen LogP contribution in [0.2, 0.25) is 0 Å². The van der Waals surface area contributed by atoms with E-state index >= 15 is 0 Å². The van der Waals surface area contributed by atoms with Crippen LogP contribution in [0.25, 0.3) is 0 Å². The van der Waals surface area contributed by atoms with E-state index in [1.807, 2.05) is 6.07 Å². The summed E-state index contributed by atoms with van der Waals surface area (Å²) >= 11 is 1.69. The lowest BCUT2D eigenvalue weighted by Gasteiger charge is -2.31. The van der Waals surface area contributed by atoms with Crippen molar-refractivity contribution in [1.82, 2.24) is 5.32 Å². The van der Waals surface area contributed by atoms with Crippen molar-refractivity contribution in [3.63, 3.8) is 0 Å². The number of benzene rings is 1. The van der Waals surface area contributed by atoms with E-state index in [4.69, 9.17) is 5.73 Å². The Labute approximate surface area is 154 Å². The molecule has 2 heterocycles. The third-order valence-electron chi connectivity index (χ3n) is 4.55. The Morgan fingerprint density at radius 2 is 2.20 bits per heavy atom. The molecule has 1 aliphatic rings. The highest BCUT2D eigenvalue weighted by molar-refractivity contribution is 7.14. The summed E-state index contributed by atoms with van der Waals surface area (Å²) in [6.45, 7) is 8.63. The van der Waals surface area contributed by atoms with Crippen LogP contribution in [-0.2, 0) is 6.42 Å². The number of hydrogen-bond acceptors (Lipinski definition) is 4. The number of nitrogens with two attached hydrogens (primary N) is 1. The van der Waals surface area contributed by atoms with Crippen LogP contribution in [0, 0.1) is 6.92 Å². The number of aryl methyl sites for hydroxylation is 2. The topological polar surface area (TPSA) is 53.6 Å². The van der Waals surface area contributed by atoms with Crippen LogP contribution < -0.4 is 16.0 Å². The first-order chi connectivity index (χ1) is 12.2. The Bertz CT molecular complexity index is 735. The molecule has 0 fully saturated rings. The Morgan fingerprint density at radius 1 is 1.32 bits per heavy atom. The van der Waals surface area contributed by atoms with Gasteiger partial charge in [-0.05, 0) is 75.2 Å². The molecule has 0 amide bonds. The summed E-state index contributed by atoms with van der Waals surface area (Å²) in [6.07, 6.45) is 3.51. The van der Waals surface area contributed by atoms with E-state index in [-0.39, 0.29) is 0 Å². The SMILES string of the molecule is CCNCCCN1CCCc2cc(N=C(N)c3ccc(C)s3)ccc21. The van der Waals surface area contributed by atoms with Crippen molar-refractivity contribution >= 4 is 28.5 Å². The highest BCUT2D eigenvalue weighted by atomic mass is 32.1. The third-order valence-corrected chi connectivity index (χ3v) is 5.58. The molecular formula is C20H28N4S. The molecule has 5 heteroatoms. The molecule has 0 spiro atoms. The fraction of sp³-hybridized carbons (Fsp3) is 0.450. The Morgan fingerprint density at radius 3 is 2.96 bits per heavy atom. The summed E-state index contributed by atoms with van der Waals surface area (Å²) in [5.74, 6) is 0.608. The standard InChI is InChI=1S/C20H28N4S/c1-3-22-11-5-13-24-12-4-6-16-14-17(8-9-18(16)24)23-20(21)19-10-7-15(2)25-19/h7-10,14,22H,3-6,11-13H2,1-2H3,(H2,21,23). The molecule has 0 radical (unpaired) electrons. The van der Waals surface area contributed by atoms with Crippen molar-refractivity contribution in [2.45, 2.75) is 33.1 Å². The first-order valence-electron chi connectivity index (χ1n) is 9.17. The largest absolute Gasteiger partial charge is 0.383 e. The van der Waals surface area contributed by atoms with Crippen LogP contribution >= 0.6 is 11.3 Å². The van der Waals surface area contributed by atoms with Crippen LogP contribution in [0.5, 0.6) is 0 Å². The van der Waals surface area contributed by atoms with Gasteiger partial charge in [0.2, 0.25) is 0 Å². The van der Waals surface area contributed by atoms with Crippen LogP contribution in [0.1, 0.15) is 35.1 Å². The number of nitrogens with one attached hydrogen (secondary N) is 1. The first-order valence-corrected chi connectivity index (χ1v) is 9.98. The fourth-order valence-electron chi connectivity index (χ4n) is 3.30. The molecule has 3 rings (SSSR count). The fourth-order valence-corrected chi connectivity index (χ4v) is 4.07. The zero-order valence-corrected chi connectivity index (χ0v) is 16.0. The van der Waals surface area contributed by atoms with Crippen LogP contribution in [0.15, 0.2) is 35.3 Å². The molecule has 0 saturated carbocycles. The molecule has 134 valence electrons. The first kappa shape index (κ1) is 18.0. The van der Waals surface area contributed by atoms with E-state index in [0.717, 1.165) is 43.2 Å². The molecule has 0 bridgehead atoms. The van der Waals surface area contributed by atoms with Crippen molar-refractivity contribution < 1.29 is 0 Å². The summed E-state index contributed by atoms with van der Waals surface area (Å²) < 4.78 is 0. The zero-order valence-electron chi connectivity index (χ0n) is 15.2. The molecule has 1 aliphatic heterocycles. The molecule has 0 aliphatic carbocycles. The van der Waals surface area contributed by atoms with Crippen molar-refractivity contribution in [3.8, 4) is 0 Å². The Balaban J connectivity index is 1.73. The van der Waals surface area contributed by atoms with Crippen molar-refractivity contribution in [2.75, 3.05) is 31.1 Å². The molecule has 0 atom stereocenters. The Kier molecular flexibility index (Phi) is 6.10. The summed E-state index contributed by atoms with van der Waals surface area (Å²) in [5, 5.41) is 3.40. The van der Waals surface area contributed by atoms with Gasteiger partial charge in [0.25, 0.3) is 0 Å². The van der Waals surface area contributed by atoms with Gasteiger partial charge >= 0.3 is 0 Å². The Hall–Kier alpha value is -1.85.